The van der Waals surface area contributed by atoms with Crippen molar-refractivity contribution in [3.63, 3.8) is 0 Å². The van der Waals surface area contributed by atoms with Crippen LogP contribution in [0.1, 0.15) is 5.56 Å². The van der Waals surface area contributed by atoms with Gasteiger partial charge in [-0.2, -0.15) is 3.69 Å². The topological polar surface area (TPSA) is 0 Å². The third-order valence-corrected chi connectivity index (χ3v) is 5.29. The van der Waals surface area contributed by atoms with Gasteiger partial charge in [0.25, 0.3) is 0 Å². The maximum atomic E-state index is 3.59. The van der Waals surface area contributed by atoms with Gasteiger partial charge < -0.3 is 0 Å². The van der Waals surface area contributed by atoms with Gasteiger partial charge in [-0.05, 0) is 23.6 Å². The normalized spacial score (nSPS) is 9.73. The van der Waals surface area contributed by atoms with E-state index in [2.05, 4.69) is 68.3 Å². The van der Waals surface area contributed by atoms with Crippen molar-refractivity contribution in [1.29, 1.82) is 0 Å². The molecular weight excluding hydrogens is 260 g/mol. The summed E-state index contributed by atoms with van der Waals surface area (Å²) >= 11 is 3.39. The Morgan fingerprint density at radius 1 is 0.933 bits per heavy atom. The third-order valence-electron chi connectivity index (χ3n) is 2.56. The summed E-state index contributed by atoms with van der Waals surface area (Å²) in [6.45, 7) is 2.16. The Morgan fingerprint density at radius 2 is 1.60 bits per heavy atom. The van der Waals surface area contributed by atoms with E-state index in [1.54, 1.807) is 0 Å². The fourth-order valence-electron chi connectivity index (χ4n) is 1.67. The average molecular weight is 271 g/mol. The van der Waals surface area contributed by atoms with Crippen LogP contribution >= 0.6 is 12.9 Å². The van der Waals surface area contributed by atoms with Crippen LogP contribution in [-0.4, -0.2) is 18.2 Å². The molecule has 0 radical (unpaired) electrons. The van der Waals surface area contributed by atoms with Crippen LogP contribution < -0.4 is 3.69 Å². The number of halogens is 1. The Bertz CT molecular complexity index is 448. The van der Waals surface area contributed by atoms with Crippen molar-refractivity contribution in [2.24, 2.45) is 0 Å². The van der Waals surface area contributed by atoms with Gasteiger partial charge in [-0.1, -0.05) is 48.5 Å². The molecule has 0 spiro atoms. The molecule has 0 atom stereocenters. The SMILES string of the molecule is Cc1ccccc1-c1cc[c]([Mg][Br])cc1. The predicted octanol–water partition coefficient (Wildman–Crippen LogP) is 3.30. The van der Waals surface area contributed by atoms with Crippen molar-refractivity contribution < 1.29 is 0 Å². The minimum Gasteiger partial charge on any atom is -0.296 e. The highest BCUT2D eigenvalue weighted by Gasteiger charge is 2.00. The van der Waals surface area contributed by atoms with Gasteiger partial charge in [0.15, 0.2) is 0 Å². The maximum Gasteiger partial charge on any atom is 0.506 e. The summed E-state index contributed by atoms with van der Waals surface area (Å²) in [5, 5.41) is 0. The lowest BCUT2D eigenvalue weighted by Crippen LogP contribution is -2.06. The van der Waals surface area contributed by atoms with Gasteiger partial charge in [-0.15, -0.1) is 0 Å². The van der Waals surface area contributed by atoms with Crippen molar-refractivity contribution in [3.05, 3.63) is 54.1 Å². The Hall–Kier alpha value is -0.314. The van der Waals surface area contributed by atoms with Gasteiger partial charge >= 0.3 is 18.2 Å². The fourth-order valence-corrected chi connectivity index (χ4v) is 3.21. The first-order valence-corrected chi connectivity index (χ1v) is 9.63. The van der Waals surface area contributed by atoms with Gasteiger partial charge in [0, 0.05) is 0 Å². The highest BCUT2D eigenvalue weighted by Crippen LogP contribution is 2.21. The molecular formula is C13H11BrMg. The summed E-state index contributed by atoms with van der Waals surface area (Å²) in [5.41, 5.74) is 3.98. The smallest absolute Gasteiger partial charge is 0.296 e. The van der Waals surface area contributed by atoms with Crippen LogP contribution in [-0.2, 0) is 0 Å². The van der Waals surface area contributed by atoms with Crippen LogP contribution in [0.5, 0.6) is 0 Å². The Balaban J connectivity index is 2.42. The van der Waals surface area contributed by atoms with E-state index in [1.165, 1.54) is 20.4 Å². The first kappa shape index (κ1) is 11.2. The fraction of sp³-hybridized carbons (Fsp3) is 0.0769. The van der Waals surface area contributed by atoms with E-state index >= 15 is 0 Å². The molecule has 15 heavy (non-hydrogen) atoms. The molecule has 0 unspecified atom stereocenters. The average Bonchev–Trinajstić information content (AvgIpc) is 2.30. The van der Waals surface area contributed by atoms with Gasteiger partial charge in [0.2, 0.25) is 0 Å². The molecule has 0 saturated heterocycles. The summed E-state index contributed by atoms with van der Waals surface area (Å²) < 4.78 is 1.45. The molecule has 0 aromatic heterocycles. The first-order chi connectivity index (χ1) is 7.31. The van der Waals surface area contributed by atoms with Crippen molar-refractivity contribution in [3.8, 4) is 11.1 Å². The molecule has 0 heterocycles. The zero-order valence-corrected chi connectivity index (χ0v) is 11.7. The van der Waals surface area contributed by atoms with Gasteiger partial charge in [0.1, 0.15) is 0 Å². The van der Waals surface area contributed by atoms with Crippen molar-refractivity contribution in [2.75, 3.05) is 0 Å². The molecule has 2 rings (SSSR count). The second-order valence-electron chi connectivity index (χ2n) is 3.65. The lowest BCUT2D eigenvalue weighted by molar-refractivity contribution is 1.46. The van der Waals surface area contributed by atoms with E-state index in [4.69, 9.17) is 0 Å². The summed E-state index contributed by atoms with van der Waals surface area (Å²) in [6, 6.07) is 17.4. The Labute approximate surface area is 106 Å². The maximum absolute atomic E-state index is 3.59. The summed E-state index contributed by atoms with van der Waals surface area (Å²) in [6.07, 6.45) is 0. The van der Waals surface area contributed by atoms with Crippen LogP contribution in [0.4, 0.5) is 0 Å². The van der Waals surface area contributed by atoms with E-state index in [1.807, 2.05) is 0 Å². The molecule has 0 fully saturated rings. The van der Waals surface area contributed by atoms with Crippen LogP contribution in [0.25, 0.3) is 11.1 Å². The minimum absolute atomic E-state index is 0.202. The minimum atomic E-state index is -0.202. The predicted molar refractivity (Wildman–Crippen MR) is 70.9 cm³/mol. The van der Waals surface area contributed by atoms with Gasteiger partial charge in [0.05, 0.1) is 0 Å². The summed E-state index contributed by atoms with van der Waals surface area (Å²) in [5.74, 6) is 0. The number of hydrogen-bond acceptors (Lipinski definition) is 0. The first-order valence-electron chi connectivity index (χ1n) is 5.02. The van der Waals surface area contributed by atoms with E-state index in [0.717, 1.165) is 0 Å². The van der Waals surface area contributed by atoms with E-state index < -0.39 is 0 Å². The van der Waals surface area contributed by atoms with Crippen molar-refractivity contribution in [2.45, 2.75) is 6.92 Å². The van der Waals surface area contributed by atoms with E-state index in [0.29, 0.717) is 0 Å². The lowest BCUT2D eigenvalue weighted by Gasteiger charge is -2.06. The quantitative estimate of drug-likeness (QED) is 0.735. The third kappa shape index (κ3) is 2.62. The van der Waals surface area contributed by atoms with Crippen molar-refractivity contribution in [1.82, 2.24) is 0 Å². The second kappa shape index (κ2) is 5.15. The molecule has 0 amide bonds. The lowest BCUT2D eigenvalue weighted by atomic mass is 10.0. The van der Waals surface area contributed by atoms with Gasteiger partial charge in [-0.3, -0.25) is 12.9 Å². The Kier molecular flexibility index (Phi) is 3.84. The van der Waals surface area contributed by atoms with Crippen molar-refractivity contribution >= 4 is 34.8 Å². The number of aryl methyl sites for hydroxylation is 1. The van der Waals surface area contributed by atoms with Gasteiger partial charge in [-0.25, -0.2) is 0 Å². The van der Waals surface area contributed by atoms with E-state index in [-0.39, 0.29) is 18.2 Å². The molecule has 72 valence electrons. The number of rotatable bonds is 2. The molecule has 2 heteroatoms. The molecule has 0 saturated carbocycles. The zero-order valence-electron chi connectivity index (χ0n) is 8.70. The van der Waals surface area contributed by atoms with Crippen LogP contribution in [0.15, 0.2) is 48.5 Å². The summed E-state index contributed by atoms with van der Waals surface area (Å²) in [7, 11) is 0. The Morgan fingerprint density at radius 3 is 2.20 bits per heavy atom. The zero-order chi connectivity index (χ0) is 10.7. The number of hydrogen-bond donors (Lipinski definition) is 0. The monoisotopic (exact) mass is 270 g/mol. The highest BCUT2D eigenvalue weighted by molar-refractivity contribution is 9.23. The molecule has 0 nitrogen and oxygen atoms in total. The highest BCUT2D eigenvalue weighted by atomic mass is 79.9. The molecule has 0 bridgehead atoms. The summed E-state index contributed by atoms with van der Waals surface area (Å²) in [4.78, 5) is 0. The van der Waals surface area contributed by atoms with Crippen LogP contribution in [0.3, 0.4) is 0 Å². The van der Waals surface area contributed by atoms with Crippen LogP contribution in [0.2, 0.25) is 0 Å². The van der Waals surface area contributed by atoms with E-state index in [9.17, 15) is 0 Å². The molecule has 2 aromatic rings. The largest absolute Gasteiger partial charge is 0.506 e. The molecule has 0 aliphatic carbocycles. The second-order valence-corrected chi connectivity index (χ2v) is 6.41. The number of benzene rings is 2. The molecule has 0 aliphatic rings. The molecule has 2 aromatic carbocycles. The molecule has 0 N–H and O–H groups in total. The van der Waals surface area contributed by atoms with Crippen LogP contribution in [0, 0.1) is 6.92 Å². The standard InChI is InChI=1S/C13H11.BrH.Mg/c1-11-7-5-6-10-13(11)12-8-3-2-4-9-12;;/h3-10H,1H3;1H;/q;;+1/p-1. The molecule has 0 aliphatic heterocycles.